The fourth-order valence-corrected chi connectivity index (χ4v) is 1.97. The zero-order valence-electron chi connectivity index (χ0n) is 11.0. The molecule has 2 N–H and O–H groups in total. The van der Waals surface area contributed by atoms with Crippen molar-refractivity contribution in [3.63, 3.8) is 0 Å². The largest absolute Gasteiger partial charge is 0.391 e. The molecule has 0 saturated heterocycles. The Morgan fingerprint density at radius 2 is 1.94 bits per heavy atom. The van der Waals surface area contributed by atoms with Crippen molar-refractivity contribution < 1.29 is 9.90 Å². The van der Waals surface area contributed by atoms with Gasteiger partial charge >= 0.3 is 0 Å². The average Bonchev–Trinajstić information content (AvgIpc) is 3.20. The van der Waals surface area contributed by atoms with Gasteiger partial charge in [-0.05, 0) is 42.4 Å². The molecule has 3 nitrogen and oxygen atoms in total. The van der Waals surface area contributed by atoms with Gasteiger partial charge in [0, 0.05) is 12.1 Å². The van der Waals surface area contributed by atoms with E-state index in [9.17, 15) is 9.90 Å². The second-order valence-electron chi connectivity index (χ2n) is 5.39. The highest BCUT2D eigenvalue weighted by molar-refractivity contribution is 5.94. The number of rotatable bonds is 5. The van der Waals surface area contributed by atoms with E-state index in [0.717, 1.165) is 12.8 Å². The molecule has 1 unspecified atom stereocenters. The van der Waals surface area contributed by atoms with Crippen LogP contribution in [0.15, 0.2) is 24.3 Å². The molecule has 0 bridgehead atoms. The fourth-order valence-electron chi connectivity index (χ4n) is 1.97. The highest BCUT2D eigenvalue weighted by Crippen LogP contribution is 2.32. The summed E-state index contributed by atoms with van der Waals surface area (Å²) < 4.78 is 0. The molecule has 3 heteroatoms. The summed E-state index contributed by atoms with van der Waals surface area (Å²) in [5.74, 6) is 0.762. The smallest absolute Gasteiger partial charge is 0.251 e. The highest BCUT2D eigenvalue weighted by atomic mass is 16.3. The number of hydrogen-bond donors (Lipinski definition) is 2. The Kier molecular flexibility index (Phi) is 4.02. The van der Waals surface area contributed by atoms with Crippen LogP contribution in [0.5, 0.6) is 0 Å². The topological polar surface area (TPSA) is 49.3 Å². The molecule has 0 spiro atoms. The maximum absolute atomic E-state index is 11.9. The van der Waals surface area contributed by atoms with Gasteiger partial charge in [0.1, 0.15) is 0 Å². The minimum atomic E-state index is -0.385. The van der Waals surface area contributed by atoms with Gasteiger partial charge < -0.3 is 10.4 Å². The molecule has 1 amide bonds. The van der Waals surface area contributed by atoms with E-state index >= 15 is 0 Å². The number of aliphatic hydroxyl groups excluding tert-OH is 1. The van der Waals surface area contributed by atoms with Crippen LogP contribution in [0.2, 0.25) is 0 Å². The number of amides is 1. The average molecular weight is 247 g/mol. The van der Waals surface area contributed by atoms with Gasteiger partial charge in [0.25, 0.3) is 5.91 Å². The van der Waals surface area contributed by atoms with E-state index in [4.69, 9.17) is 0 Å². The van der Waals surface area contributed by atoms with Gasteiger partial charge in [-0.25, -0.2) is 0 Å². The third-order valence-corrected chi connectivity index (χ3v) is 3.48. The molecule has 98 valence electrons. The van der Waals surface area contributed by atoms with Gasteiger partial charge in [-0.2, -0.15) is 0 Å². The summed E-state index contributed by atoms with van der Waals surface area (Å²) >= 11 is 0. The Balaban J connectivity index is 1.87. The number of carbonyl (C=O) groups is 1. The van der Waals surface area contributed by atoms with Crippen molar-refractivity contribution in [2.24, 2.45) is 5.92 Å². The van der Waals surface area contributed by atoms with Crippen LogP contribution in [0.4, 0.5) is 0 Å². The normalized spacial score (nSPS) is 16.7. The molecule has 1 aliphatic carbocycles. The molecule has 1 aromatic carbocycles. The maximum Gasteiger partial charge on any atom is 0.251 e. The van der Waals surface area contributed by atoms with Crippen LogP contribution < -0.4 is 5.32 Å². The van der Waals surface area contributed by atoms with Crippen molar-refractivity contribution >= 4 is 5.91 Å². The van der Waals surface area contributed by atoms with Crippen LogP contribution in [0.25, 0.3) is 0 Å². The van der Waals surface area contributed by atoms with Crippen molar-refractivity contribution in [2.75, 3.05) is 6.54 Å². The van der Waals surface area contributed by atoms with Crippen molar-refractivity contribution in [2.45, 2.75) is 38.7 Å². The zero-order chi connectivity index (χ0) is 13.1. The Morgan fingerprint density at radius 3 is 2.44 bits per heavy atom. The predicted molar refractivity (Wildman–Crippen MR) is 71.6 cm³/mol. The lowest BCUT2D eigenvalue weighted by Gasteiger charge is -2.11. The third-order valence-electron chi connectivity index (χ3n) is 3.48. The molecule has 0 radical (unpaired) electrons. The Morgan fingerprint density at radius 1 is 1.33 bits per heavy atom. The van der Waals surface area contributed by atoms with Crippen LogP contribution in [-0.2, 0) is 0 Å². The first kappa shape index (κ1) is 13.1. The van der Waals surface area contributed by atoms with Gasteiger partial charge in [0.2, 0.25) is 0 Å². The fraction of sp³-hybridized carbons (Fsp3) is 0.533. The van der Waals surface area contributed by atoms with E-state index in [1.807, 2.05) is 24.3 Å². The van der Waals surface area contributed by atoms with Gasteiger partial charge in [-0.15, -0.1) is 0 Å². The first-order chi connectivity index (χ1) is 8.58. The minimum Gasteiger partial charge on any atom is -0.391 e. The van der Waals surface area contributed by atoms with Gasteiger partial charge in [-0.3, -0.25) is 4.79 Å². The molecule has 1 aliphatic rings. The number of nitrogens with one attached hydrogen (secondary N) is 1. The molecule has 1 atom stereocenters. The van der Waals surface area contributed by atoms with Gasteiger partial charge in [0.15, 0.2) is 0 Å². The third kappa shape index (κ3) is 3.33. The van der Waals surface area contributed by atoms with E-state index in [1.165, 1.54) is 5.56 Å². The zero-order valence-corrected chi connectivity index (χ0v) is 11.0. The summed E-state index contributed by atoms with van der Waals surface area (Å²) in [5.41, 5.74) is 1.88. The summed E-state index contributed by atoms with van der Waals surface area (Å²) in [6.45, 7) is 4.61. The molecular weight excluding hydrogens is 226 g/mol. The second kappa shape index (κ2) is 5.53. The summed E-state index contributed by atoms with van der Waals surface area (Å²) in [6, 6.07) is 7.65. The molecule has 0 aliphatic heterocycles. The lowest BCUT2D eigenvalue weighted by molar-refractivity contribution is 0.0901. The molecule has 1 fully saturated rings. The molecular formula is C15H21NO2. The van der Waals surface area contributed by atoms with Crippen LogP contribution in [-0.4, -0.2) is 23.7 Å². The van der Waals surface area contributed by atoms with Gasteiger partial charge in [0.05, 0.1) is 6.10 Å². The van der Waals surface area contributed by atoms with Crippen molar-refractivity contribution in [3.05, 3.63) is 35.4 Å². The van der Waals surface area contributed by atoms with Crippen molar-refractivity contribution in [1.82, 2.24) is 5.32 Å². The SMILES string of the molecule is CC(C)c1ccc(C(=O)NCC(O)C2CC2)cc1. The molecule has 1 aromatic rings. The Labute approximate surface area is 108 Å². The van der Waals surface area contributed by atoms with E-state index in [2.05, 4.69) is 19.2 Å². The van der Waals surface area contributed by atoms with E-state index < -0.39 is 0 Å². The number of aliphatic hydroxyl groups is 1. The number of carbonyl (C=O) groups excluding carboxylic acids is 1. The molecule has 1 saturated carbocycles. The second-order valence-corrected chi connectivity index (χ2v) is 5.39. The van der Waals surface area contributed by atoms with E-state index in [1.54, 1.807) is 0 Å². The number of hydrogen-bond acceptors (Lipinski definition) is 2. The quantitative estimate of drug-likeness (QED) is 0.839. The summed E-state index contributed by atoms with van der Waals surface area (Å²) in [4.78, 5) is 11.9. The van der Waals surface area contributed by atoms with Crippen molar-refractivity contribution in [1.29, 1.82) is 0 Å². The summed E-state index contributed by atoms with van der Waals surface area (Å²) in [7, 11) is 0. The van der Waals surface area contributed by atoms with Crippen LogP contribution in [0.1, 0.15) is 48.5 Å². The summed E-state index contributed by atoms with van der Waals surface area (Å²) in [6.07, 6.45) is 1.78. The molecule has 0 heterocycles. The maximum atomic E-state index is 11.9. The molecule has 18 heavy (non-hydrogen) atoms. The first-order valence-corrected chi connectivity index (χ1v) is 6.64. The van der Waals surface area contributed by atoms with Crippen LogP contribution in [0.3, 0.4) is 0 Å². The molecule has 2 rings (SSSR count). The molecule has 0 aromatic heterocycles. The van der Waals surface area contributed by atoms with E-state index in [0.29, 0.717) is 23.9 Å². The van der Waals surface area contributed by atoms with Gasteiger partial charge in [-0.1, -0.05) is 26.0 Å². The summed E-state index contributed by atoms with van der Waals surface area (Å²) in [5, 5.41) is 12.5. The lowest BCUT2D eigenvalue weighted by Crippen LogP contribution is -2.33. The van der Waals surface area contributed by atoms with Crippen molar-refractivity contribution in [3.8, 4) is 0 Å². The van der Waals surface area contributed by atoms with E-state index in [-0.39, 0.29) is 12.0 Å². The Hall–Kier alpha value is -1.35. The van der Waals surface area contributed by atoms with Crippen LogP contribution >= 0.6 is 0 Å². The standard InChI is InChI=1S/C15H21NO2/c1-10(2)11-3-7-13(8-4-11)15(18)16-9-14(17)12-5-6-12/h3-4,7-8,10,12,14,17H,5-6,9H2,1-2H3,(H,16,18). The minimum absolute atomic E-state index is 0.106. The van der Waals surface area contributed by atoms with Crippen LogP contribution in [0, 0.1) is 5.92 Å². The monoisotopic (exact) mass is 247 g/mol. The number of benzene rings is 1. The predicted octanol–water partition coefficient (Wildman–Crippen LogP) is 2.31. The highest BCUT2D eigenvalue weighted by Gasteiger charge is 2.29. The first-order valence-electron chi connectivity index (χ1n) is 6.64. The lowest BCUT2D eigenvalue weighted by atomic mass is 10.0. The Bertz CT molecular complexity index is 407.